The van der Waals surface area contributed by atoms with E-state index in [2.05, 4.69) is 41.8 Å². The number of hydrogen-bond acceptors (Lipinski definition) is 4. The Labute approximate surface area is 196 Å². The van der Waals surface area contributed by atoms with Crippen molar-refractivity contribution in [3.8, 4) is 11.5 Å². The van der Waals surface area contributed by atoms with Crippen LogP contribution in [0.4, 0.5) is 5.69 Å². The Morgan fingerprint density at radius 2 is 1.73 bits per heavy atom. The summed E-state index contributed by atoms with van der Waals surface area (Å²) in [5, 5.41) is 6.63. The molecule has 0 saturated heterocycles. The van der Waals surface area contributed by atoms with Crippen molar-refractivity contribution in [1.82, 2.24) is 5.32 Å². The van der Waals surface area contributed by atoms with Gasteiger partial charge < -0.3 is 24.8 Å². The van der Waals surface area contributed by atoms with Gasteiger partial charge in [-0.25, -0.2) is 4.99 Å². The number of nitrogens with one attached hydrogen (secondary N) is 2. The number of halogens is 1. The summed E-state index contributed by atoms with van der Waals surface area (Å²) >= 11 is 0. The van der Waals surface area contributed by atoms with Crippen LogP contribution in [0.3, 0.4) is 0 Å². The highest BCUT2D eigenvalue weighted by molar-refractivity contribution is 14.0. The lowest BCUT2D eigenvalue weighted by Gasteiger charge is -2.14. The molecular formula is C23H32IN3O3. The maximum Gasteiger partial charge on any atom is 0.196 e. The molecule has 7 heteroatoms. The SMILES string of the molecule is CCNC(=NCc1ccc(COC(C)C)cc1)Nc1ccc2c(c1)OCCCO2.I. The molecule has 0 atom stereocenters. The first-order valence-electron chi connectivity index (χ1n) is 10.3. The van der Waals surface area contributed by atoms with Crippen molar-refractivity contribution in [1.29, 1.82) is 0 Å². The lowest BCUT2D eigenvalue weighted by atomic mass is 10.1. The molecule has 0 saturated carbocycles. The van der Waals surface area contributed by atoms with E-state index >= 15 is 0 Å². The van der Waals surface area contributed by atoms with Crippen LogP contribution in [0.25, 0.3) is 0 Å². The van der Waals surface area contributed by atoms with E-state index in [-0.39, 0.29) is 30.1 Å². The molecule has 0 aromatic heterocycles. The summed E-state index contributed by atoms with van der Waals surface area (Å²) in [6.07, 6.45) is 1.13. The molecule has 0 aliphatic carbocycles. The van der Waals surface area contributed by atoms with E-state index in [4.69, 9.17) is 19.2 Å². The summed E-state index contributed by atoms with van der Waals surface area (Å²) in [5.41, 5.74) is 3.23. The normalized spacial score (nSPS) is 13.4. The van der Waals surface area contributed by atoms with Gasteiger partial charge in [0.15, 0.2) is 17.5 Å². The van der Waals surface area contributed by atoms with Gasteiger partial charge in [-0.15, -0.1) is 24.0 Å². The third-order valence-electron chi connectivity index (χ3n) is 4.38. The predicted octanol–water partition coefficient (Wildman–Crippen LogP) is 4.97. The smallest absolute Gasteiger partial charge is 0.196 e. The molecule has 6 nitrogen and oxygen atoms in total. The van der Waals surface area contributed by atoms with E-state index in [0.29, 0.717) is 26.4 Å². The quantitative estimate of drug-likeness (QED) is 0.304. The van der Waals surface area contributed by atoms with Crippen molar-refractivity contribution in [3.63, 3.8) is 0 Å². The third kappa shape index (κ3) is 7.68. The van der Waals surface area contributed by atoms with Crippen LogP contribution in [0.15, 0.2) is 47.5 Å². The summed E-state index contributed by atoms with van der Waals surface area (Å²) in [7, 11) is 0. The van der Waals surface area contributed by atoms with E-state index in [1.54, 1.807) is 0 Å². The van der Waals surface area contributed by atoms with E-state index in [1.807, 2.05) is 32.0 Å². The Kier molecular flexibility index (Phi) is 10.2. The zero-order valence-electron chi connectivity index (χ0n) is 17.9. The molecule has 0 radical (unpaired) electrons. The van der Waals surface area contributed by atoms with Crippen LogP contribution in [0.5, 0.6) is 11.5 Å². The minimum absolute atomic E-state index is 0. The van der Waals surface area contributed by atoms with Gasteiger partial charge in [-0.1, -0.05) is 24.3 Å². The number of ether oxygens (including phenoxy) is 3. The average molecular weight is 525 g/mol. The number of aliphatic imine (C=N–C) groups is 1. The summed E-state index contributed by atoms with van der Waals surface area (Å²) in [5.74, 6) is 2.29. The Balaban J connectivity index is 0.00000320. The molecule has 0 amide bonds. The average Bonchev–Trinajstić information content (AvgIpc) is 2.96. The molecule has 3 rings (SSSR count). The molecule has 0 spiro atoms. The first-order valence-corrected chi connectivity index (χ1v) is 10.3. The molecule has 2 N–H and O–H groups in total. The maximum atomic E-state index is 5.77. The lowest BCUT2D eigenvalue weighted by molar-refractivity contribution is 0.0657. The number of anilines is 1. The van der Waals surface area contributed by atoms with Gasteiger partial charge in [0.1, 0.15) is 0 Å². The molecule has 2 aromatic rings. The van der Waals surface area contributed by atoms with Gasteiger partial charge in [-0.05, 0) is 44.0 Å². The fourth-order valence-corrected chi connectivity index (χ4v) is 2.86. The monoisotopic (exact) mass is 525 g/mol. The van der Waals surface area contributed by atoms with Crippen LogP contribution < -0.4 is 20.1 Å². The Hall–Kier alpha value is -2.00. The molecule has 30 heavy (non-hydrogen) atoms. The molecule has 0 bridgehead atoms. The zero-order valence-corrected chi connectivity index (χ0v) is 20.3. The van der Waals surface area contributed by atoms with Crippen molar-refractivity contribution < 1.29 is 14.2 Å². The van der Waals surface area contributed by atoms with Crippen molar-refractivity contribution in [2.75, 3.05) is 25.1 Å². The van der Waals surface area contributed by atoms with E-state index in [9.17, 15) is 0 Å². The summed E-state index contributed by atoms with van der Waals surface area (Å²) in [6.45, 7) is 9.50. The van der Waals surface area contributed by atoms with Gasteiger partial charge >= 0.3 is 0 Å². The number of nitrogens with zero attached hydrogens (tertiary/aromatic N) is 1. The standard InChI is InChI=1S/C23H31N3O3.HI/c1-4-24-23(25-15-18-6-8-19(9-7-18)16-29-17(2)3)26-20-10-11-21-22(14-20)28-13-5-12-27-21;/h6-11,14,17H,4-5,12-13,15-16H2,1-3H3,(H2,24,25,26);1H. The van der Waals surface area contributed by atoms with Crippen LogP contribution in [-0.4, -0.2) is 31.8 Å². The number of rotatable bonds is 7. The Morgan fingerprint density at radius 3 is 2.43 bits per heavy atom. The van der Waals surface area contributed by atoms with Gasteiger partial charge in [0.2, 0.25) is 0 Å². The number of guanidine groups is 1. The van der Waals surface area contributed by atoms with Crippen LogP contribution in [0.2, 0.25) is 0 Å². The highest BCUT2D eigenvalue weighted by Crippen LogP contribution is 2.32. The molecule has 1 aliphatic heterocycles. The molecule has 2 aromatic carbocycles. The van der Waals surface area contributed by atoms with Crippen LogP contribution in [0.1, 0.15) is 38.3 Å². The molecule has 1 heterocycles. The van der Waals surface area contributed by atoms with Gasteiger partial charge in [0.25, 0.3) is 0 Å². The van der Waals surface area contributed by atoms with Gasteiger partial charge in [-0.2, -0.15) is 0 Å². The number of fused-ring (bicyclic) bond motifs is 1. The lowest BCUT2D eigenvalue weighted by Crippen LogP contribution is -2.30. The van der Waals surface area contributed by atoms with E-state index < -0.39 is 0 Å². The van der Waals surface area contributed by atoms with E-state index in [1.165, 1.54) is 5.56 Å². The predicted molar refractivity (Wildman–Crippen MR) is 132 cm³/mol. The third-order valence-corrected chi connectivity index (χ3v) is 4.38. The van der Waals surface area contributed by atoms with Crippen LogP contribution in [-0.2, 0) is 17.9 Å². The fourth-order valence-electron chi connectivity index (χ4n) is 2.86. The molecular weight excluding hydrogens is 493 g/mol. The summed E-state index contributed by atoms with van der Waals surface area (Å²) < 4.78 is 17.1. The zero-order chi connectivity index (χ0) is 20.5. The van der Waals surface area contributed by atoms with Gasteiger partial charge in [0, 0.05) is 24.7 Å². The van der Waals surface area contributed by atoms with Crippen LogP contribution >= 0.6 is 24.0 Å². The molecule has 1 aliphatic rings. The highest BCUT2D eigenvalue weighted by Gasteiger charge is 2.11. The van der Waals surface area contributed by atoms with Crippen molar-refractivity contribution in [2.45, 2.75) is 46.4 Å². The Bertz CT molecular complexity index is 810. The van der Waals surface area contributed by atoms with Crippen molar-refractivity contribution in [3.05, 3.63) is 53.6 Å². The minimum atomic E-state index is 0. The fraction of sp³-hybridized carbons (Fsp3) is 0.435. The van der Waals surface area contributed by atoms with Gasteiger partial charge in [-0.3, -0.25) is 0 Å². The number of hydrogen-bond donors (Lipinski definition) is 2. The second-order valence-corrected chi connectivity index (χ2v) is 7.21. The van der Waals surface area contributed by atoms with Crippen molar-refractivity contribution >= 4 is 35.6 Å². The molecule has 0 unspecified atom stereocenters. The second kappa shape index (κ2) is 12.6. The van der Waals surface area contributed by atoms with Crippen LogP contribution in [0, 0.1) is 0 Å². The second-order valence-electron chi connectivity index (χ2n) is 7.21. The molecule has 164 valence electrons. The first kappa shape index (κ1) is 24.3. The highest BCUT2D eigenvalue weighted by atomic mass is 127. The van der Waals surface area contributed by atoms with Crippen molar-refractivity contribution in [2.24, 2.45) is 4.99 Å². The maximum absolute atomic E-state index is 5.77. The molecule has 0 fully saturated rings. The summed E-state index contributed by atoms with van der Waals surface area (Å²) in [6, 6.07) is 14.2. The topological polar surface area (TPSA) is 64.1 Å². The Morgan fingerprint density at radius 1 is 1.03 bits per heavy atom. The number of benzene rings is 2. The largest absolute Gasteiger partial charge is 0.490 e. The van der Waals surface area contributed by atoms with Gasteiger partial charge in [0.05, 0.1) is 32.5 Å². The minimum Gasteiger partial charge on any atom is -0.490 e. The van der Waals surface area contributed by atoms with E-state index in [0.717, 1.165) is 41.7 Å². The summed E-state index contributed by atoms with van der Waals surface area (Å²) in [4.78, 5) is 4.70. The first-order chi connectivity index (χ1) is 14.1.